The van der Waals surface area contributed by atoms with E-state index in [4.69, 9.17) is 5.26 Å². The Morgan fingerprint density at radius 3 is 2.94 bits per heavy atom. The second-order valence-electron chi connectivity index (χ2n) is 4.27. The van der Waals surface area contributed by atoms with Crippen molar-refractivity contribution < 1.29 is 4.79 Å². The van der Waals surface area contributed by atoms with Crippen molar-refractivity contribution in [3.05, 3.63) is 35.4 Å². The largest absolute Gasteiger partial charge is 0.354 e. The molecule has 1 aromatic carbocycles. The van der Waals surface area contributed by atoms with E-state index in [-0.39, 0.29) is 18.5 Å². The molecule has 1 atom stereocenters. The molecule has 0 aromatic heterocycles. The van der Waals surface area contributed by atoms with Gasteiger partial charge in [-0.1, -0.05) is 29.8 Å². The highest BCUT2D eigenvalue weighted by molar-refractivity contribution is 5.78. The fourth-order valence-corrected chi connectivity index (χ4v) is 1.62. The molecule has 0 aliphatic rings. The van der Waals surface area contributed by atoms with Crippen molar-refractivity contribution in [1.29, 1.82) is 5.26 Å². The zero-order valence-corrected chi connectivity index (χ0v) is 10.9. The number of carbonyl (C=O) groups is 1. The van der Waals surface area contributed by atoms with Gasteiger partial charge in [0.1, 0.15) is 0 Å². The predicted octanol–water partition coefficient (Wildman–Crippen LogP) is 1.68. The van der Waals surface area contributed by atoms with Gasteiger partial charge in [-0.25, -0.2) is 0 Å². The molecule has 0 aliphatic carbocycles. The van der Waals surface area contributed by atoms with Crippen LogP contribution in [-0.2, 0) is 4.79 Å². The number of nitriles is 1. The van der Waals surface area contributed by atoms with E-state index in [0.29, 0.717) is 13.0 Å². The third kappa shape index (κ3) is 4.98. The van der Waals surface area contributed by atoms with Gasteiger partial charge < -0.3 is 10.6 Å². The molecule has 0 unspecified atom stereocenters. The van der Waals surface area contributed by atoms with Crippen LogP contribution in [0, 0.1) is 18.3 Å². The second-order valence-corrected chi connectivity index (χ2v) is 4.27. The molecule has 1 rings (SSSR count). The first-order valence-corrected chi connectivity index (χ1v) is 6.07. The number of nitrogens with one attached hydrogen (secondary N) is 2. The molecule has 1 amide bonds. The molecule has 0 spiro atoms. The van der Waals surface area contributed by atoms with Crippen LogP contribution in [0.2, 0.25) is 0 Å². The fourth-order valence-electron chi connectivity index (χ4n) is 1.62. The summed E-state index contributed by atoms with van der Waals surface area (Å²) in [4.78, 5) is 11.4. The molecule has 18 heavy (non-hydrogen) atoms. The zero-order valence-electron chi connectivity index (χ0n) is 10.9. The molecule has 4 heteroatoms. The van der Waals surface area contributed by atoms with Crippen molar-refractivity contribution >= 4 is 5.91 Å². The van der Waals surface area contributed by atoms with Crippen LogP contribution in [-0.4, -0.2) is 19.0 Å². The first-order chi connectivity index (χ1) is 8.63. The van der Waals surface area contributed by atoms with Crippen LogP contribution in [0.25, 0.3) is 0 Å². The Labute approximate surface area is 108 Å². The van der Waals surface area contributed by atoms with Gasteiger partial charge in [0.25, 0.3) is 0 Å². The van der Waals surface area contributed by atoms with Crippen molar-refractivity contribution in [2.45, 2.75) is 26.3 Å². The lowest BCUT2D eigenvalue weighted by Gasteiger charge is -2.14. The van der Waals surface area contributed by atoms with E-state index in [1.165, 1.54) is 11.1 Å². The Kier molecular flexibility index (Phi) is 5.89. The van der Waals surface area contributed by atoms with Crippen molar-refractivity contribution in [2.24, 2.45) is 0 Å². The number of hydrogen-bond donors (Lipinski definition) is 2. The number of rotatable bonds is 6. The van der Waals surface area contributed by atoms with Crippen LogP contribution in [0.5, 0.6) is 0 Å². The average molecular weight is 245 g/mol. The summed E-state index contributed by atoms with van der Waals surface area (Å²) in [5.41, 5.74) is 2.37. The van der Waals surface area contributed by atoms with E-state index in [1.54, 1.807) is 0 Å². The van der Waals surface area contributed by atoms with E-state index >= 15 is 0 Å². The van der Waals surface area contributed by atoms with Crippen LogP contribution in [0.1, 0.15) is 30.5 Å². The molecule has 0 saturated carbocycles. The molecule has 0 aliphatic heterocycles. The predicted molar refractivity (Wildman–Crippen MR) is 70.8 cm³/mol. The highest BCUT2D eigenvalue weighted by Gasteiger charge is 2.07. The molecule has 1 aromatic rings. The highest BCUT2D eigenvalue weighted by atomic mass is 16.1. The van der Waals surface area contributed by atoms with Crippen LogP contribution in [0.3, 0.4) is 0 Å². The van der Waals surface area contributed by atoms with Gasteiger partial charge in [-0.15, -0.1) is 0 Å². The smallest absolute Gasteiger partial charge is 0.234 e. The summed E-state index contributed by atoms with van der Waals surface area (Å²) in [5.74, 6) is -0.0789. The third-order valence-electron chi connectivity index (χ3n) is 2.67. The molecular weight excluding hydrogens is 226 g/mol. The number of amides is 1. The van der Waals surface area contributed by atoms with E-state index < -0.39 is 0 Å². The summed E-state index contributed by atoms with van der Waals surface area (Å²) in [5, 5.41) is 14.2. The average Bonchev–Trinajstić information content (AvgIpc) is 2.36. The van der Waals surface area contributed by atoms with E-state index in [9.17, 15) is 4.79 Å². The Bertz CT molecular complexity index is 437. The van der Waals surface area contributed by atoms with Crippen molar-refractivity contribution in [1.82, 2.24) is 10.6 Å². The molecule has 4 nitrogen and oxygen atoms in total. The summed E-state index contributed by atoms with van der Waals surface area (Å²) in [6.07, 6.45) is 0.346. The van der Waals surface area contributed by atoms with Crippen LogP contribution < -0.4 is 10.6 Å². The van der Waals surface area contributed by atoms with E-state index in [2.05, 4.69) is 16.7 Å². The van der Waals surface area contributed by atoms with E-state index in [0.717, 1.165) is 0 Å². The topological polar surface area (TPSA) is 64.9 Å². The van der Waals surface area contributed by atoms with Crippen LogP contribution in [0.15, 0.2) is 24.3 Å². The number of aryl methyl sites for hydroxylation is 1. The number of nitrogens with zero attached hydrogens (tertiary/aromatic N) is 1. The van der Waals surface area contributed by atoms with Gasteiger partial charge in [0, 0.05) is 12.6 Å². The zero-order chi connectivity index (χ0) is 13.4. The Morgan fingerprint density at radius 1 is 1.50 bits per heavy atom. The Morgan fingerprint density at radius 2 is 2.28 bits per heavy atom. The molecule has 0 heterocycles. The molecule has 0 saturated heterocycles. The third-order valence-corrected chi connectivity index (χ3v) is 2.67. The van der Waals surface area contributed by atoms with Crippen molar-refractivity contribution in [3.8, 4) is 6.07 Å². The maximum Gasteiger partial charge on any atom is 0.234 e. The molecular formula is C14H19N3O. The van der Waals surface area contributed by atoms with Gasteiger partial charge in [-0.3, -0.25) is 4.79 Å². The minimum Gasteiger partial charge on any atom is -0.354 e. The highest BCUT2D eigenvalue weighted by Crippen LogP contribution is 2.13. The minimum atomic E-state index is -0.0789. The van der Waals surface area contributed by atoms with Gasteiger partial charge in [0.15, 0.2) is 0 Å². The summed E-state index contributed by atoms with van der Waals surface area (Å²) in [7, 11) is 0. The summed E-state index contributed by atoms with van der Waals surface area (Å²) < 4.78 is 0. The normalized spacial score (nSPS) is 11.6. The van der Waals surface area contributed by atoms with Crippen LogP contribution in [0.4, 0.5) is 0 Å². The Balaban J connectivity index is 2.35. The summed E-state index contributed by atoms with van der Waals surface area (Å²) >= 11 is 0. The number of hydrogen-bond acceptors (Lipinski definition) is 3. The van der Waals surface area contributed by atoms with Crippen molar-refractivity contribution in [2.75, 3.05) is 13.1 Å². The molecule has 0 fully saturated rings. The number of benzene rings is 1. The van der Waals surface area contributed by atoms with Crippen molar-refractivity contribution in [3.63, 3.8) is 0 Å². The maximum atomic E-state index is 11.4. The Hall–Kier alpha value is -1.86. The molecule has 0 radical (unpaired) electrons. The SMILES string of the molecule is Cc1cccc([C@H](C)NCC(=O)NCCC#N)c1. The second kappa shape index (κ2) is 7.46. The molecule has 96 valence electrons. The minimum absolute atomic E-state index is 0.0789. The van der Waals surface area contributed by atoms with Gasteiger partial charge in [-0.2, -0.15) is 5.26 Å². The maximum absolute atomic E-state index is 11.4. The fraction of sp³-hybridized carbons (Fsp3) is 0.429. The van der Waals surface area contributed by atoms with Crippen LogP contribution >= 0.6 is 0 Å². The lowest BCUT2D eigenvalue weighted by atomic mass is 10.1. The summed E-state index contributed by atoms with van der Waals surface area (Å²) in [6, 6.07) is 10.3. The van der Waals surface area contributed by atoms with Gasteiger partial charge in [0.05, 0.1) is 19.0 Å². The van der Waals surface area contributed by atoms with E-state index in [1.807, 2.05) is 38.1 Å². The standard InChI is InChI=1S/C14H19N3O/c1-11-5-3-6-13(9-11)12(2)17-10-14(18)16-8-4-7-15/h3,5-6,9,12,17H,4,8,10H2,1-2H3,(H,16,18)/t12-/m0/s1. The van der Waals surface area contributed by atoms with Gasteiger partial charge in [-0.05, 0) is 19.4 Å². The van der Waals surface area contributed by atoms with Gasteiger partial charge in [0.2, 0.25) is 5.91 Å². The first kappa shape index (κ1) is 14.2. The molecule has 0 bridgehead atoms. The quantitative estimate of drug-likeness (QED) is 0.749. The first-order valence-electron chi connectivity index (χ1n) is 6.07. The summed E-state index contributed by atoms with van der Waals surface area (Å²) in [6.45, 7) is 4.75. The lowest BCUT2D eigenvalue weighted by Crippen LogP contribution is -2.35. The number of carbonyl (C=O) groups excluding carboxylic acids is 1. The van der Waals surface area contributed by atoms with Gasteiger partial charge >= 0.3 is 0 Å². The lowest BCUT2D eigenvalue weighted by molar-refractivity contribution is -0.120. The monoisotopic (exact) mass is 245 g/mol. The molecule has 2 N–H and O–H groups in total.